The van der Waals surface area contributed by atoms with Gasteiger partial charge in [0.2, 0.25) is 0 Å². The van der Waals surface area contributed by atoms with E-state index in [4.69, 9.17) is 52.1 Å². The van der Waals surface area contributed by atoms with Crippen molar-refractivity contribution >= 4 is 0 Å². The highest BCUT2D eigenvalue weighted by Gasteiger charge is 2.55. The molecule has 0 aromatic carbocycles. The van der Waals surface area contributed by atoms with Crippen LogP contribution in [0.25, 0.3) is 0 Å². The van der Waals surface area contributed by atoms with E-state index in [1.54, 1.807) is 13.8 Å². The van der Waals surface area contributed by atoms with E-state index in [1.807, 2.05) is 0 Å². The van der Waals surface area contributed by atoms with Crippen LogP contribution in [0.3, 0.4) is 0 Å². The monoisotopic (exact) mass is 806 g/mol. The Morgan fingerprint density at radius 3 is 1.04 bits per heavy atom. The van der Waals surface area contributed by atoms with E-state index in [9.17, 15) is 40.9 Å². The van der Waals surface area contributed by atoms with E-state index in [-0.39, 0.29) is 66.1 Å². The first-order chi connectivity index (χ1) is 25.9. The lowest BCUT2D eigenvalue weighted by atomic mass is 9.95. The fourth-order valence-electron chi connectivity index (χ4n) is 5.72. The first kappa shape index (κ1) is 50.4. The number of rotatable bonds is 28. The quantitative estimate of drug-likeness (QED) is 0.0419. The Kier molecular flexibility index (Phi) is 24.1. The second kappa shape index (κ2) is 26.4. The molecule has 0 radical (unpaired) electrons. The third kappa shape index (κ3) is 19.2. The molecule has 19 nitrogen and oxygen atoms in total. The van der Waals surface area contributed by atoms with Gasteiger partial charge in [0.25, 0.3) is 0 Å². The smallest absolute Gasteiger partial charge is 0.187 e. The maximum absolute atomic E-state index is 10.3. The summed E-state index contributed by atoms with van der Waals surface area (Å²) in [5.74, 6) is 0. The molecule has 0 aromatic heterocycles. The molecule has 0 amide bonds. The van der Waals surface area contributed by atoms with Crippen molar-refractivity contribution in [3.05, 3.63) is 0 Å². The zero-order valence-corrected chi connectivity index (χ0v) is 33.5. The second-order valence-corrected chi connectivity index (χ2v) is 14.9. The highest BCUT2D eigenvalue weighted by atomic mass is 16.8. The molecule has 0 bridgehead atoms. The predicted octanol–water partition coefficient (Wildman–Crippen LogP) is -2.16. The van der Waals surface area contributed by atoms with Gasteiger partial charge in [-0.2, -0.15) is 0 Å². The van der Waals surface area contributed by atoms with Gasteiger partial charge < -0.3 is 93.0 Å². The molecule has 0 saturated carbocycles. The number of aliphatic hydroxyl groups is 8. The summed E-state index contributed by atoms with van der Waals surface area (Å²) in [7, 11) is 0. The largest absolute Gasteiger partial charge is 0.391 e. The Balaban J connectivity index is 2.73. The average molecular weight is 807 g/mol. The van der Waals surface area contributed by atoms with Crippen LogP contribution in [0.5, 0.6) is 0 Å². The molecule has 2 aliphatic heterocycles. The normalized spacial score (nSPS) is 33.4. The van der Waals surface area contributed by atoms with Crippen LogP contribution in [0.4, 0.5) is 0 Å². The van der Waals surface area contributed by atoms with Gasteiger partial charge in [0.1, 0.15) is 48.8 Å². The molecule has 19 heteroatoms. The van der Waals surface area contributed by atoms with Crippen molar-refractivity contribution in [2.24, 2.45) is 0 Å². The summed E-state index contributed by atoms with van der Waals surface area (Å²) in [6.07, 6.45) is -18.5. The standard InChI is InChI=1S/C36H70O19/c1-19(37)9-45-17-27-29(47-11-21(3)39)31(48-12-22(4)40)34(51-15-25(7)43)36(54-27)55-30-28(18-46-10-20(2)38)53-35(52-16-26(8)44)33(50-14-24(6)42)32(30)49-13-23(5)41/h19-44H,9-18H2,1-8H3/t19-,20-,21+,22+,23-,24-,25-,26-,27+,28+,29+,30+,31-,32-,33+,34+,35+,36+/m0/s1. The number of hydrogen-bond donors (Lipinski definition) is 8. The summed E-state index contributed by atoms with van der Waals surface area (Å²) in [5, 5.41) is 81.2. The van der Waals surface area contributed by atoms with Crippen molar-refractivity contribution in [2.45, 2.75) is 166 Å². The highest BCUT2D eigenvalue weighted by Crippen LogP contribution is 2.35. The topological polar surface area (TPSA) is 263 Å². The Morgan fingerprint density at radius 1 is 0.345 bits per heavy atom. The summed E-state index contributed by atoms with van der Waals surface area (Å²) in [5.41, 5.74) is 0. The van der Waals surface area contributed by atoms with Crippen LogP contribution in [-0.2, 0) is 52.1 Å². The van der Waals surface area contributed by atoms with Crippen LogP contribution in [0, 0.1) is 0 Å². The molecule has 2 rings (SSSR count). The molecule has 0 spiro atoms. The first-order valence-corrected chi connectivity index (χ1v) is 19.1. The van der Waals surface area contributed by atoms with Crippen LogP contribution in [0.1, 0.15) is 55.4 Å². The molecule has 2 aliphatic rings. The second-order valence-electron chi connectivity index (χ2n) is 14.9. The van der Waals surface area contributed by atoms with Crippen LogP contribution in [0.2, 0.25) is 0 Å². The van der Waals surface area contributed by atoms with Crippen molar-refractivity contribution in [1.29, 1.82) is 0 Å². The Morgan fingerprint density at radius 2 is 0.636 bits per heavy atom. The van der Waals surface area contributed by atoms with Gasteiger partial charge in [-0.05, 0) is 55.4 Å². The lowest BCUT2D eigenvalue weighted by Gasteiger charge is -2.50. The van der Waals surface area contributed by atoms with Crippen molar-refractivity contribution in [3.8, 4) is 0 Å². The minimum absolute atomic E-state index is 0.0553. The van der Waals surface area contributed by atoms with E-state index in [0.717, 1.165) is 0 Å². The van der Waals surface area contributed by atoms with Crippen LogP contribution >= 0.6 is 0 Å². The minimum atomic E-state index is -1.39. The van der Waals surface area contributed by atoms with Crippen molar-refractivity contribution in [2.75, 3.05) is 66.1 Å². The van der Waals surface area contributed by atoms with Crippen LogP contribution < -0.4 is 0 Å². The molecule has 2 saturated heterocycles. The lowest BCUT2D eigenvalue weighted by Crippen LogP contribution is -2.67. The SMILES string of the molecule is C[C@H](O)COC[C@H]1O[C@H](O[C@H]2[C@H](OC[C@H](C)O)[C@@H](OC[C@H](C)O)[C@H](OC[C@H](C)O)O[C@@H]2COC[C@H](C)O)[C@H](OC[C@H](C)O)[C@@H](OC[C@@H](C)O)[C@@H]1OC[C@@H](C)O. The van der Waals surface area contributed by atoms with E-state index >= 15 is 0 Å². The molecular weight excluding hydrogens is 736 g/mol. The molecule has 2 fully saturated rings. The highest BCUT2D eigenvalue weighted by molar-refractivity contribution is 4.98. The van der Waals surface area contributed by atoms with Crippen LogP contribution in [-0.4, -0.2) is 217 Å². The van der Waals surface area contributed by atoms with Gasteiger partial charge in [0, 0.05) is 0 Å². The maximum atomic E-state index is 10.3. The van der Waals surface area contributed by atoms with E-state index in [2.05, 4.69) is 0 Å². The number of ether oxygens (including phenoxy) is 11. The van der Waals surface area contributed by atoms with Gasteiger partial charge in [-0.15, -0.1) is 0 Å². The zero-order chi connectivity index (χ0) is 41.2. The number of hydrogen-bond acceptors (Lipinski definition) is 19. The van der Waals surface area contributed by atoms with Gasteiger partial charge in [-0.3, -0.25) is 0 Å². The fraction of sp³-hybridized carbons (Fsp3) is 1.00. The Bertz CT molecular complexity index is 969. The Hall–Kier alpha value is -0.760. The zero-order valence-electron chi connectivity index (χ0n) is 33.5. The van der Waals surface area contributed by atoms with Gasteiger partial charge >= 0.3 is 0 Å². The molecule has 2 heterocycles. The van der Waals surface area contributed by atoms with Crippen molar-refractivity contribution < 1.29 is 93.0 Å². The Labute approximate surface area is 324 Å². The molecular formula is C36H70O19. The molecule has 0 unspecified atom stereocenters. The summed E-state index contributed by atoms with van der Waals surface area (Å²) >= 11 is 0. The fourth-order valence-corrected chi connectivity index (χ4v) is 5.72. The molecule has 328 valence electrons. The third-order valence-electron chi connectivity index (χ3n) is 7.91. The van der Waals surface area contributed by atoms with E-state index < -0.39 is 110 Å². The summed E-state index contributed by atoms with van der Waals surface area (Å²) in [6.45, 7) is 10.7. The van der Waals surface area contributed by atoms with Gasteiger partial charge in [0.15, 0.2) is 12.6 Å². The molecule has 55 heavy (non-hydrogen) atoms. The van der Waals surface area contributed by atoms with Crippen molar-refractivity contribution in [1.82, 2.24) is 0 Å². The van der Waals surface area contributed by atoms with Gasteiger partial charge in [-0.25, -0.2) is 0 Å². The summed E-state index contributed by atoms with van der Waals surface area (Å²) in [6, 6.07) is 0. The maximum Gasteiger partial charge on any atom is 0.187 e. The molecule has 18 atom stereocenters. The molecule has 8 N–H and O–H groups in total. The number of aliphatic hydroxyl groups excluding tert-OH is 8. The van der Waals surface area contributed by atoms with E-state index in [0.29, 0.717) is 0 Å². The lowest BCUT2D eigenvalue weighted by molar-refractivity contribution is -0.377. The summed E-state index contributed by atoms with van der Waals surface area (Å²) < 4.78 is 68.1. The summed E-state index contributed by atoms with van der Waals surface area (Å²) in [4.78, 5) is 0. The third-order valence-corrected chi connectivity index (χ3v) is 7.91. The molecule has 0 aliphatic carbocycles. The first-order valence-electron chi connectivity index (χ1n) is 19.1. The van der Waals surface area contributed by atoms with Crippen LogP contribution in [0.15, 0.2) is 0 Å². The van der Waals surface area contributed by atoms with E-state index in [1.165, 1.54) is 41.5 Å². The van der Waals surface area contributed by atoms with Crippen molar-refractivity contribution in [3.63, 3.8) is 0 Å². The minimum Gasteiger partial charge on any atom is -0.391 e. The van der Waals surface area contributed by atoms with Gasteiger partial charge in [-0.1, -0.05) is 0 Å². The predicted molar refractivity (Wildman–Crippen MR) is 192 cm³/mol. The molecule has 0 aromatic rings. The average Bonchev–Trinajstić information content (AvgIpc) is 3.07. The van der Waals surface area contributed by atoms with Gasteiger partial charge in [0.05, 0.1) is 115 Å².